The molecule has 3 aromatic carbocycles. The SMILES string of the molecule is COc1cc(/C=C(/C#N)C(=O)NCCc2c[nH]c3ccccc23)cc(Cl)c1OCc1ccc(Cl)c(Cl)c1. The highest BCUT2D eigenvalue weighted by atomic mass is 35.5. The third-order valence-corrected chi connectivity index (χ3v) is 6.67. The molecule has 9 heteroatoms. The maximum absolute atomic E-state index is 12.7. The summed E-state index contributed by atoms with van der Waals surface area (Å²) in [6.07, 6.45) is 4.01. The Hall–Kier alpha value is -3.63. The molecule has 0 spiro atoms. The number of aromatic nitrogens is 1. The molecule has 188 valence electrons. The topological polar surface area (TPSA) is 87.1 Å². The van der Waals surface area contributed by atoms with Crippen molar-refractivity contribution in [3.05, 3.63) is 98.1 Å². The largest absolute Gasteiger partial charge is 0.493 e. The number of fused-ring (bicyclic) bond motifs is 1. The van der Waals surface area contributed by atoms with Crippen LogP contribution in [0.1, 0.15) is 16.7 Å². The van der Waals surface area contributed by atoms with Crippen molar-refractivity contribution in [3.8, 4) is 17.6 Å². The second-order valence-electron chi connectivity index (χ2n) is 8.11. The number of hydrogen-bond donors (Lipinski definition) is 2. The van der Waals surface area contributed by atoms with Gasteiger partial charge in [0.25, 0.3) is 5.91 Å². The number of benzene rings is 3. The quantitative estimate of drug-likeness (QED) is 0.173. The molecule has 0 bridgehead atoms. The fraction of sp³-hybridized carbons (Fsp3) is 0.143. The monoisotopic (exact) mass is 553 g/mol. The minimum absolute atomic E-state index is 0.0541. The van der Waals surface area contributed by atoms with Crippen molar-refractivity contribution in [3.63, 3.8) is 0 Å². The first-order chi connectivity index (χ1) is 17.9. The molecule has 4 rings (SSSR count). The van der Waals surface area contributed by atoms with Gasteiger partial charge in [0.2, 0.25) is 0 Å². The van der Waals surface area contributed by atoms with Gasteiger partial charge in [-0.2, -0.15) is 5.26 Å². The third kappa shape index (κ3) is 6.39. The van der Waals surface area contributed by atoms with E-state index in [-0.39, 0.29) is 17.2 Å². The Morgan fingerprint density at radius 1 is 1.08 bits per heavy atom. The maximum atomic E-state index is 12.7. The first kappa shape index (κ1) is 26.4. The van der Waals surface area contributed by atoms with E-state index in [1.54, 1.807) is 30.3 Å². The van der Waals surface area contributed by atoms with Gasteiger partial charge >= 0.3 is 0 Å². The molecule has 0 radical (unpaired) electrons. The second-order valence-corrected chi connectivity index (χ2v) is 9.33. The predicted molar refractivity (Wildman–Crippen MR) is 147 cm³/mol. The number of nitriles is 1. The summed E-state index contributed by atoms with van der Waals surface area (Å²) in [4.78, 5) is 15.9. The average Bonchev–Trinajstić information content (AvgIpc) is 3.31. The highest BCUT2D eigenvalue weighted by molar-refractivity contribution is 6.42. The van der Waals surface area contributed by atoms with Gasteiger partial charge in [0.15, 0.2) is 11.5 Å². The van der Waals surface area contributed by atoms with E-state index in [0.717, 1.165) is 22.0 Å². The highest BCUT2D eigenvalue weighted by Gasteiger charge is 2.15. The first-order valence-electron chi connectivity index (χ1n) is 11.3. The number of nitrogens with one attached hydrogen (secondary N) is 2. The van der Waals surface area contributed by atoms with Gasteiger partial charge in [-0.15, -0.1) is 0 Å². The molecular formula is C28H22Cl3N3O3. The molecule has 1 heterocycles. The molecule has 37 heavy (non-hydrogen) atoms. The number of carbonyl (C=O) groups excluding carboxylic acids is 1. The third-order valence-electron chi connectivity index (χ3n) is 5.65. The first-order valence-corrected chi connectivity index (χ1v) is 12.4. The van der Waals surface area contributed by atoms with E-state index in [0.29, 0.717) is 40.1 Å². The Bertz CT molecular complexity index is 1520. The van der Waals surface area contributed by atoms with E-state index < -0.39 is 5.91 Å². The summed E-state index contributed by atoms with van der Waals surface area (Å²) in [5, 5.41) is 14.6. The van der Waals surface area contributed by atoms with Crippen molar-refractivity contribution < 1.29 is 14.3 Å². The van der Waals surface area contributed by atoms with E-state index in [1.165, 1.54) is 13.2 Å². The van der Waals surface area contributed by atoms with Crippen LogP contribution in [-0.2, 0) is 17.8 Å². The number of methoxy groups -OCH3 is 1. The molecule has 0 saturated carbocycles. The van der Waals surface area contributed by atoms with Crippen LogP contribution < -0.4 is 14.8 Å². The van der Waals surface area contributed by atoms with Gasteiger partial charge in [-0.25, -0.2) is 0 Å². The molecule has 1 amide bonds. The summed E-state index contributed by atoms with van der Waals surface area (Å²) in [6.45, 7) is 0.565. The number of hydrogen-bond acceptors (Lipinski definition) is 4. The molecule has 0 fully saturated rings. The van der Waals surface area contributed by atoms with Crippen LogP contribution in [0.4, 0.5) is 0 Å². The van der Waals surface area contributed by atoms with Crippen LogP contribution in [-0.4, -0.2) is 24.5 Å². The Labute approximate surface area is 229 Å². The van der Waals surface area contributed by atoms with Gasteiger partial charge in [-0.05, 0) is 59.5 Å². The van der Waals surface area contributed by atoms with Crippen LogP contribution in [0.5, 0.6) is 11.5 Å². The highest BCUT2D eigenvalue weighted by Crippen LogP contribution is 2.38. The summed E-state index contributed by atoms with van der Waals surface area (Å²) < 4.78 is 11.3. The van der Waals surface area contributed by atoms with Gasteiger partial charge in [0, 0.05) is 23.6 Å². The number of para-hydroxylation sites is 1. The van der Waals surface area contributed by atoms with Crippen molar-refractivity contribution in [2.75, 3.05) is 13.7 Å². The fourth-order valence-corrected chi connectivity index (χ4v) is 4.40. The lowest BCUT2D eigenvalue weighted by Gasteiger charge is -2.14. The number of amides is 1. The van der Waals surface area contributed by atoms with Crippen molar-refractivity contribution >= 4 is 57.7 Å². The van der Waals surface area contributed by atoms with Crippen LogP contribution in [0.25, 0.3) is 17.0 Å². The zero-order valence-corrected chi connectivity index (χ0v) is 22.0. The van der Waals surface area contributed by atoms with E-state index >= 15 is 0 Å². The predicted octanol–water partition coefficient (Wildman–Crippen LogP) is 6.98. The minimum atomic E-state index is -0.475. The van der Waals surface area contributed by atoms with Crippen molar-refractivity contribution in [2.24, 2.45) is 0 Å². The summed E-state index contributed by atoms with van der Waals surface area (Å²) in [5.41, 5.74) is 3.39. The van der Waals surface area contributed by atoms with Gasteiger partial charge in [-0.3, -0.25) is 4.79 Å². The van der Waals surface area contributed by atoms with Crippen LogP contribution >= 0.6 is 34.8 Å². The Balaban J connectivity index is 1.44. The van der Waals surface area contributed by atoms with E-state index in [9.17, 15) is 10.1 Å². The van der Waals surface area contributed by atoms with Crippen molar-refractivity contribution in [2.45, 2.75) is 13.0 Å². The smallest absolute Gasteiger partial charge is 0.261 e. The second kappa shape index (κ2) is 12.1. The molecule has 0 atom stereocenters. The number of nitrogens with zero attached hydrogens (tertiary/aromatic N) is 1. The lowest BCUT2D eigenvalue weighted by atomic mass is 10.1. The van der Waals surface area contributed by atoms with Gasteiger partial charge in [0.05, 0.1) is 22.2 Å². The van der Waals surface area contributed by atoms with Crippen LogP contribution in [0, 0.1) is 11.3 Å². The molecule has 4 aromatic rings. The zero-order valence-electron chi connectivity index (χ0n) is 19.8. The average molecular weight is 555 g/mol. The Morgan fingerprint density at radius 3 is 2.65 bits per heavy atom. The standard InChI is InChI=1S/C28H22Cl3N3O3/c1-36-26-13-18(12-24(31)27(26)37-16-17-6-7-22(29)23(30)11-17)10-20(14-32)28(35)33-9-8-19-15-34-25-5-3-2-4-21(19)25/h2-7,10-13,15,34H,8-9,16H2,1H3,(H,33,35)/b20-10-. The molecule has 0 unspecified atom stereocenters. The Morgan fingerprint density at radius 2 is 1.89 bits per heavy atom. The molecule has 0 aliphatic carbocycles. The van der Waals surface area contributed by atoms with Crippen LogP contribution in [0.3, 0.4) is 0 Å². The van der Waals surface area contributed by atoms with Crippen LogP contribution in [0.15, 0.2) is 66.4 Å². The molecule has 0 saturated heterocycles. The molecule has 2 N–H and O–H groups in total. The normalized spacial score (nSPS) is 11.3. The van der Waals surface area contributed by atoms with Gasteiger partial charge < -0.3 is 19.8 Å². The van der Waals surface area contributed by atoms with E-state index in [2.05, 4.69) is 10.3 Å². The molecule has 6 nitrogen and oxygen atoms in total. The summed E-state index contributed by atoms with van der Waals surface area (Å²) in [5.74, 6) is 0.210. The van der Waals surface area contributed by atoms with E-state index in [4.69, 9.17) is 44.3 Å². The number of ether oxygens (including phenoxy) is 2. The number of rotatable bonds is 9. The summed E-state index contributed by atoms with van der Waals surface area (Å²) >= 11 is 18.5. The summed E-state index contributed by atoms with van der Waals surface area (Å²) in [6, 6.07) is 18.3. The fourth-order valence-electron chi connectivity index (χ4n) is 3.81. The molecule has 0 aliphatic heterocycles. The maximum Gasteiger partial charge on any atom is 0.261 e. The zero-order chi connectivity index (χ0) is 26.4. The molecular weight excluding hydrogens is 533 g/mol. The van der Waals surface area contributed by atoms with Crippen LogP contribution in [0.2, 0.25) is 15.1 Å². The van der Waals surface area contributed by atoms with E-state index in [1.807, 2.05) is 36.5 Å². The number of H-pyrrole nitrogens is 1. The number of halogens is 3. The molecule has 1 aromatic heterocycles. The lowest BCUT2D eigenvalue weighted by molar-refractivity contribution is -0.117. The van der Waals surface area contributed by atoms with Gasteiger partial charge in [0.1, 0.15) is 18.2 Å². The van der Waals surface area contributed by atoms with Crippen molar-refractivity contribution in [1.82, 2.24) is 10.3 Å². The summed E-state index contributed by atoms with van der Waals surface area (Å²) in [7, 11) is 1.48. The minimum Gasteiger partial charge on any atom is -0.493 e. The Kier molecular flexibility index (Phi) is 8.62. The molecule has 0 aliphatic rings. The number of aromatic amines is 1. The van der Waals surface area contributed by atoms with Gasteiger partial charge in [-0.1, -0.05) is 59.1 Å². The lowest BCUT2D eigenvalue weighted by Crippen LogP contribution is -2.26. The number of carbonyl (C=O) groups is 1. The van der Waals surface area contributed by atoms with Crippen molar-refractivity contribution in [1.29, 1.82) is 5.26 Å².